The maximum atomic E-state index is 12.6. The van der Waals surface area contributed by atoms with Crippen LogP contribution in [0.15, 0.2) is 30.3 Å². The van der Waals surface area contributed by atoms with Crippen molar-refractivity contribution < 1.29 is 38.1 Å². The van der Waals surface area contributed by atoms with E-state index in [1.54, 1.807) is 0 Å². The number of hydrogen-bond donors (Lipinski definition) is 0. The summed E-state index contributed by atoms with van der Waals surface area (Å²) < 4.78 is 20.9. The van der Waals surface area contributed by atoms with Gasteiger partial charge in [0.15, 0.2) is 0 Å². The monoisotopic (exact) mass is 407 g/mol. The topological polar surface area (TPSA) is 108 Å². The number of hydrogen-bond acceptors (Lipinski definition) is 8. The summed E-state index contributed by atoms with van der Waals surface area (Å²) in [5, 5.41) is 0. The fourth-order valence-electron chi connectivity index (χ4n) is 2.82. The molecule has 29 heavy (non-hydrogen) atoms. The maximum Gasteiger partial charge on any atom is 0.302 e. The minimum atomic E-state index is -0.779. The van der Waals surface area contributed by atoms with E-state index in [9.17, 15) is 19.2 Å². The first-order chi connectivity index (χ1) is 13.8. The molecule has 9 heteroatoms. The molecule has 0 saturated carbocycles. The molecule has 0 aliphatic carbocycles. The van der Waals surface area contributed by atoms with Crippen molar-refractivity contribution in [1.29, 1.82) is 0 Å². The number of amides is 1. The van der Waals surface area contributed by atoms with Crippen molar-refractivity contribution in [2.24, 2.45) is 5.92 Å². The minimum Gasteiger partial charge on any atom is -0.465 e. The van der Waals surface area contributed by atoms with E-state index >= 15 is 0 Å². The van der Waals surface area contributed by atoms with Gasteiger partial charge in [-0.25, -0.2) is 0 Å². The summed E-state index contributed by atoms with van der Waals surface area (Å²) in [6.07, 6.45) is -1.50. The molecule has 0 bridgehead atoms. The number of ether oxygens (including phenoxy) is 4. The molecule has 0 radical (unpaired) electrons. The van der Waals surface area contributed by atoms with Crippen molar-refractivity contribution >= 4 is 23.8 Å². The smallest absolute Gasteiger partial charge is 0.302 e. The van der Waals surface area contributed by atoms with Crippen molar-refractivity contribution in [2.45, 2.75) is 39.6 Å². The number of carbonyl (C=O) groups excluding carboxylic acids is 4. The SMILES string of the molecule is CC(=O)OCC(COC(C)=O)O[C@H]1[C@H](COC(C)=O)C(=O)N1Cc1ccccc1. The molecule has 1 fully saturated rings. The van der Waals surface area contributed by atoms with Crippen molar-refractivity contribution in [2.75, 3.05) is 19.8 Å². The van der Waals surface area contributed by atoms with Crippen molar-refractivity contribution in [1.82, 2.24) is 4.90 Å². The lowest BCUT2D eigenvalue weighted by atomic mass is 9.95. The molecule has 0 N–H and O–H groups in total. The molecule has 1 aliphatic heterocycles. The second-order valence-electron chi connectivity index (χ2n) is 6.61. The zero-order valence-corrected chi connectivity index (χ0v) is 16.7. The molecule has 1 aromatic rings. The van der Waals surface area contributed by atoms with Crippen LogP contribution in [0.4, 0.5) is 0 Å². The first kappa shape index (κ1) is 22.4. The van der Waals surface area contributed by atoms with Crippen molar-refractivity contribution in [3.63, 3.8) is 0 Å². The predicted molar refractivity (Wildman–Crippen MR) is 99.0 cm³/mol. The lowest BCUT2D eigenvalue weighted by Crippen LogP contribution is -2.64. The van der Waals surface area contributed by atoms with Gasteiger partial charge in [-0.05, 0) is 5.56 Å². The van der Waals surface area contributed by atoms with Crippen molar-refractivity contribution in [3.8, 4) is 0 Å². The van der Waals surface area contributed by atoms with Crippen LogP contribution in [0.2, 0.25) is 0 Å². The normalized spacial score (nSPS) is 18.2. The molecule has 1 saturated heterocycles. The third-order valence-electron chi connectivity index (χ3n) is 4.19. The van der Waals surface area contributed by atoms with Gasteiger partial charge in [-0.1, -0.05) is 30.3 Å². The standard InChI is InChI=1S/C20H25NO8/c1-13(22)26-10-17(11-27-14(2)23)29-20-18(12-28-15(3)24)19(25)21(20)9-16-7-5-4-6-8-16/h4-8,17-18,20H,9-12H2,1-3H3/t18-,20+/m1/s1. The fourth-order valence-corrected chi connectivity index (χ4v) is 2.82. The van der Waals surface area contributed by atoms with Crippen LogP contribution in [-0.4, -0.2) is 60.9 Å². The van der Waals surface area contributed by atoms with Gasteiger partial charge in [0.25, 0.3) is 0 Å². The molecule has 1 heterocycles. The zero-order valence-electron chi connectivity index (χ0n) is 16.7. The van der Waals surface area contributed by atoms with E-state index in [0.29, 0.717) is 6.54 Å². The highest BCUT2D eigenvalue weighted by Crippen LogP contribution is 2.31. The van der Waals surface area contributed by atoms with E-state index in [2.05, 4.69) is 0 Å². The average molecular weight is 407 g/mol. The van der Waals surface area contributed by atoms with Crippen LogP contribution in [0.5, 0.6) is 0 Å². The Labute approximate surface area is 168 Å². The summed E-state index contributed by atoms with van der Waals surface area (Å²) in [7, 11) is 0. The van der Waals surface area contributed by atoms with Gasteiger partial charge in [0.1, 0.15) is 38.1 Å². The number of nitrogens with zero attached hydrogens (tertiary/aromatic N) is 1. The Balaban J connectivity index is 2.11. The summed E-state index contributed by atoms with van der Waals surface area (Å²) in [5.74, 6) is -2.44. The highest BCUT2D eigenvalue weighted by Gasteiger charge is 2.49. The van der Waals surface area contributed by atoms with Crippen LogP contribution in [-0.2, 0) is 44.7 Å². The van der Waals surface area contributed by atoms with Crippen LogP contribution in [0.25, 0.3) is 0 Å². The first-order valence-corrected chi connectivity index (χ1v) is 9.18. The Morgan fingerprint density at radius 3 is 2.00 bits per heavy atom. The van der Waals surface area contributed by atoms with E-state index in [-0.39, 0.29) is 25.7 Å². The molecule has 1 amide bonds. The van der Waals surface area contributed by atoms with Crippen LogP contribution in [0, 0.1) is 5.92 Å². The highest BCUT2D eigenvalue weighted by molar-refractivity contribution is 5.86. The molecule has 1 aliphatic rings. The second-order valence-corrected chi connectivity index (χ2v) is 6.61. The molecule has 0 spiro atoms. The molecule has 0 unspecified atom stereocenters. The van der Waals surface area contributed by atoms with Gasteiger partial charge in [0, 0.05) is 27.3 Å². The van der Waals surface area contributed by atoms with Crippen LogP contribution >= 0.6 is 0 Å². The summed E-state index contributed by atoms with van der Waals surface area (Å²) >= 11 is 0. The summed E-state index contributed by atoms with van der Waals surface area (Å²) in [5.41, 5.74) is 0.900. The van der Waals surface area contributed by atoms with Crippen LogP contribution in [0.3, 0.4) is 0 Å². The van der Waals surface area contributed by atoms with Gasteiger partial charge in [0.2, 0.25) is 5.91 Å². The Bertz CT molecular complexity index is 717. The minimum absolute atomic E-state index is 0.127. The number of likely N-dealkylation sites (tertiary alicyclic amines) is 1. The van der Waals surface area contributed by atoms with Crippen LogP contribution < -0.4 is 0 Å². The molecule has 2 atom stereocenters. The van der Waals surface area contributed by atoms with E-state index in [1.807, 2.05) is 30.3 Å². The Hall–Kier alpha value is -2.94. The van der Waals surface area contributed by atoms with E-state index in [0.717, 1.165) is 5.56 Å². The largest absolute Gasteiger partial charge is 0.465 e. The Kier molecular flexibility index (Phi) is 8.14. The maximum absolute atomic E-state index is 12.6. The molecule has 1 aromatic carbocycles. The molecule has 158 valence electrons. The van der Waals surface area contributed by atoms with Gasteiger partial charge in [-0.2, -0.15) is 0 Å². The zero-order chi connectivity index (χ0) is 21.4. The third-order valence-corrected chi connectivity index (χ3v) is 4.19. The first-order valence-electron chi connectivity index (χ1n) is 9.18. The third kappa shape index (κ3) is 6.86. The lowest BCUT2D eigenvalue weighted by molar-refractivity contribution is -0.223. The van der Waals surface area contributed by atoms with E-state index in [4.69, 9.17) is 18.9 Å². The number of carbonyl (C=O) groups is 4. The Morgan fingerprint density at radius 1 is 0.931 bits per heavy atom. The molecule has 0 aromatic heterocycles. The van der Waals surface area contributed by atoms with Gasteiger partial charge in [-0.3, -0.25) is 19.2 Å². The van der Waals surface area contributed by atoms with E-state index < -0.39 is 36.2 Å². The van der Waals surface area contributed by atoms with Gasteiger partial charge >= 0.3 is 17.9 Å². The molecular weight excluding hydrogens is 382 g/mol. The lowest BCUT2D eigenvalue weighted by Gasteiger charge is -2.47. The highest BCUT2D eigenvalue weighted by atomic mass is 16.6. The number of benzene rings is 1. The van der Waals surface area contributed by atoms with Gasteiger partial charge in [-0.15, -0.1) is 0 Å². The van der Waals surface area contributed by atoms with Gasteiger partial charge in [0.05, 0.1) is 0 Å². The number of esters is 3. The van der Waals surface area contributed by atoms with Gasteiger partial charge < -0.3 is 23.8 Å². The fraction of sp³-hybridized carbons (Fsp3) is 0.500. The summed E-state index contributed by atoms with van der Waals surface area (Å²) in [6.45, 7) is 3.64. The van der Waals surface area contributed by atoms with Crippen molar-refractivity contribution in [3.05, 3.63) is 35.9 Å². The molecule has 9 nitrogen and oxygen atoms in total. The van der Waals surface area contributed by atoms with Crippen LogP contribution in [0.1, 0.15) is 26.3 Å². The quantitative estimate of drug-likeness (QED) is 0.322. The Morgan fingerprint density at radius 2 is 1.48 bits per heavy atom. The predicted octanol–water partition coefficient (Wildman–Crippen LogP) is 1.05. The molecular formula is C20H25NO8. The second kappa shape index (κ2) is 10.6. The number of rotatable bonds is 10. The summed E-state index contributed by atoms with van der Waals surface area (Å²) in [6, 6.07) is 9.33. The number of β-lactam (4-membered cyclic amide) rings is 1. The average Bonchev–Trinajstić information content (AvgIpc) is 2.67. The summed E-state index contributed by atoms with van der Waals surface area (Å²) in [4.78, 5) is 47.5. The molecule has 2 rings (SSSR count). The van der Waals surface area contributed by atoms with E-state index in [1.165, 1.54) is 25.7 Å².